The summed E-state index contributed by atoms with van der Waals surface area (Å²) in [5.74, 6) is 0.906. The van der Waals surface area contributed by atoms with Crippen molar-refractivity contribution in [2.45, 2.75) is 58.1 Å². The van der Waals surface area contributed by atoms with E-state index in [9.17, 15) is 4.79 Å². The lowest BCUT2D eigenvalue weighted by Gasteiger charge is -2.27. The molecule has 1 fully saturated rings. The lowest BCUT2D eigenvalue weighted by atomic mass is 10.2. The van der Waals surface area contributed by atoms with Gasteiger partial charge < -0.3 is 29.2 Å². The Bertz CT molecular complexity index is 1310. The summed E-state index contributed by atoms with van der Waals surface area (Å²) < 4.78 is 25.7. The van der Waals surface area contributed by atoms with Gasteiger partial charge in [-0.3, -0.25) is 9.36 Å². The first-order valence-electron chi connectivity index (χ1n) is 12.3. The van der Waals surface area contributed by atoms with Crippen LogP contribution in [0.2, 0.25) is 0 Å². The molecule has 1 aliphatic rings. The van der Waals surface area contributed by atoms with E-state index >= 15 is 0 Å². The number of rotatable bonds is 11. The third kappa shape index (κ3) is 6.78. The normalized spacial score (nSPS) is 19.8. The van der Waals surface area contributed by atoms with E-state index in [0.29, 0.717) is 29.2 Å². The second kappa shape index (κ2) is 11.9. The van der Waals surface area contributed by atoms with Crippen molar-refractivity contribution in [2.24, 2.45) is 0 Å². The Morgan fingerprint density at radius 1 is 1.26 bits per heavy atom. The largest absolute Gasteiger partial charge is 0.462 e. The highest BCUT2D eigenvalue weighted by Gasteiger charge is 2.33. The number of nitrogens with zero attached hydrogens (tertiary/aromatic N) is 5. The van der Waals surface area contributed by atoms with Gasteiger partial charge in [-0.15, -0.1) is 0 Å². The molecule has 38 heavy (non-hydrogen) atoms. The molecule has 14 heteroatoms. The number of para-hydroxylation sites is 1. The van der Waals surface area contributed by atoms with Crippen LogP contribution in [0.25, 0.3) is 11.2 Å². The number of imidazole rings is 1. The number of anilines is 2. The van der Waals surface area contributed by atoms with Crippen LogP contribution < -0.4 is 20.2 Å². The zero-order valence-corrected chi connectivity index (χ0v) is 23.8. The number of carbonyl (C=O) groups excluding carboxylic acids is 1. The predicted octanol–water partition coefficient (Wildman–Crippen LogP) is 3.40. The lowest BCUT2D eigenvalue weighted by molar-refractivity contribution is -0.149. The molecule has 0 amide bonds. The molecule has 4 rings (SSSR count). The SMILES string of the molecule is CC(C)OC(=O)[C@H](C)NP(=S)(OC[C@@H]1CC[C@H](n2cnc3c(N(C)C)nc(N)nc32)O1)Oc1ccccc1. The first-order valence-corrected chi connectivity index (χ1v) is 15.0. The van der Waals surface area contributed by atoms with Crippen LogP contribution in [0.1, 0.15) is 39.8 Å². The van der Waals surface area contributed by atoms with Gasteiger partial charge >= 0.3 is 12.6 Å². The molecule has 3 heterocycles. The number of aromatic nitrogens is 4. The molecule has 0 bridgehead atoms. The highest BCUT2D eigenvalue weighted by Crippen LogP contribution is 2.46. The zero-order valence-electron chi connectivity index (χ0n) is 22.1. The minimum Gasteiger partial charge on any atom is -0.462 e. The number of nitrogens with one attached hydrogen (secondary N) is 1. The smallest absolute Gasteiger partial charge is 0.323 e. The third-order valence-electron chi connectivity index (χ3n) is 5.70. The summed E-state index contributed by atoms with van der Waals surface area (Å²) in [6.07, 6.45) is 2.31. The van der Waals surface area contributed by atoms with Gasteiger partial charge in [0.25, 0.3) is 0 Å². The molecule has 1 aromatic carbocycles. The van der Waals surface area contributed by atoms with E-state index in [-0.39, 0.29) is 31.0 Å². The number of hydrogen-bond donors (Lipinski definition) is 2. The van der Waals surface area contributed by atoms with E-state index < -0.39 is 18.7 Å². The number of nitrogen functional groups attached to an aromatic ring is 1. The highest BCUT2D eigenvalue weighted by atomic mass is 32.5. The summed E-state index contributed by atoms with van der Waals surface area (Å²) in [6.45, 7) is 2.27. The van der Waals surface area contributed by atoms with Crippen molar-refractivity contribution < 1.29 is 23.3 Å². The quantitative estimate of drug-likeness (QED) is 0.261. The van der Waals surface area contributed by atoms with E-state index in [0.717, 1.165) is 6.42 Å². The fourth-order valence-electron chi connectivity index (χ4n) is 3.97. The van der Waals surface area contributed by atoms with Gasteiger partial charge in [0, 0.05) is 14.1 Å². The van der Waals surface area contributed by atoms with Gasteiger partial charge in [-0.2, -0.15) is 9.97 Å². The van der Waals surface area contributed by atoms with Gasteiger partial charge in [-0.05, 0) is 57.6 Å². The number of ether oxygens (including phenoxy) is 2. The number of fused-ring (bicyclic) bond motifs is 1. The summed E-state index contributed by atoms with van der Waals surface area (Å²) in [5, 5.41) is 3.06. The first kappa shape index (κ1) is 28.2. The van der Waals surface area contributed by atoms with Crippen molar-refractivity contribution >= 4 is 47.3 Å². The fraction of sp³-hybridized carbons (Fsp3) is 0.500. The fourth-order valence-corrected chi connectivity index (χ4v) is 6.41. The molecular weight excluding hydrogens is 529 g/mol. The van der Waals surface area contributed by atoms with Crippen molar-refractivity contribution in [2.75, 3.05) is 31.3 Å². The van der Waals surface area contributed by atoms with Crippen molar-refractivity contribution in [3.63, 3.8) is 0 Å². The van der Waals surface area contributed by atoms with Crippen LogP contribution in [0.15, 0.2) is 36.7 Å². The Labute approximate surface area is 227 Å². The third-order valence-corrected chi connectivity index (χ3v) is 8.20. The van der Waals surface area contributed by atoms with Gasteiger partial charge in [0.1, 0.15) is 18.0 Å². The van der Waals surface area contributed by atoms with Crippen LogP contribution in [0.5, 0.6) is 5.75 Å². The van der Waals surface area contributed by atoms with Crippen LogP contribution in [0.3, 0.4) is 0 Å². The van der Waals surface area contributed by atoms with E-state index in [2.05, 4.69) is 20.0 Å². The minimum atomic E-state index is -3.15. The summed E-state index contributed by atoms with van der Waals surface area (Å²) in [4.78, 5) is 27.5. The Morgan fingerprint density at radius 2 is 2.00 bits per heavy atom. The summed E-state index contributed by atoms with van der Waals surface area (Å²) >= 11 is 5.79. The minimum absolute atomic E-state index is 0.163. The average Bonchev–Trinajstić information content (AvgIpc) is 3.49. The van der Waals surface area contributed by atoms with Gasteiger partial charge in [-0.1, -0.05) is 18.2 Å². The number of nitrogens with two attached hydrogens (primary N) is 1. The van der Waals surface area contributed by atoms with Gasteiger partial charge in [0.2, 0.25) is 5.95 Å². The zero-order chi connectivity index (χ0) is 27.4. The monoisotopic (exact) mass is 563 g/mol. The molecule has 12 nitrogen and oxygen atoms in total. The van der Waals surface area contributed by atoms with Crippen molar-refractivity contribution in [1.82, 2.24) is 24.6 Å². The van der Waals surface area contributed by atoms with Crippen LogP contribution >= 0.6 is 6.64 Å². The van der Waals surface area contributed by atoms with E-state index in [1.807, 2.05) is 41.8 Å². The molecule has 2 aromatic heterocycles. The van der Waals surface area contributed by atoms with Crippen LogP contribution in [0.4, 0.5) is 11.8 Å². The maximum atomic E-state index is 12.4. The standard InChI is InChI=1S/C24H34N7O5PS/c1-15(2)34-23(32)16(3)29-37(38,36-17-9-7-6-8-10-17)33-13-18-11-12-19(35-18)31-14-26-20-21(30(4)5)27-24(25)28-22(20)31/h6-10,14-16,18-19H,11-13H2,1-5H3,(H,29,38)(H2,25,27,28)/t16-,18-,19+,37?/m0/s1. The maximum Gasteiger partial charge on any atom is 0.323 e. The van der Waals surface area contributed by atoms with E-state index in [1.165, 1.54) is 0 Å². The summed E-state index contributed by atoms with van der Waals surface area (Å²) in [7, 11) is 3.75. The summed E-state index contributed by atoms with van der Waals surface area (Å²) in [6, 6.07) is 8.39. The van der Waals surface area contributed by atoms with Crippen molar-refractivity contribution in [3.8, 4) is 5.75 Å². The molecule has 0 aliphatic carbocycles. The molecule has 3 aromatic rings. The molecule has 3 N–H and O–H groups in total. The Kier molecular flexibility index (Phi) is 8.84. The number of carbonyl (C=O) groups is 1. The predicted molar refractivity (Wildman–Crippen MR) is 148 cm³/mol. The molecule has 0 spiro atoms. The van der Waals surface area contributed by atoms with Gasteiger partial charge in [0.05, 0.1) is 25.1 Å². The van der Waals surface area contributed by atoms with E-state index in [1.54, 1.807) is 39.2 Å². The number of benzene rings is 1. The lowest BCUT2D eigenvalue weighted by Crippen LogP contribution is -2.36. The molecule has 0 radical (unpaired) electrons. The Morgan fingerprint density at radius 3 is 2.68 bits per heavy atom. The van der Waals surface area contributed by atoms with Crippen molar-refractivity contribution in [1.29, 1.82) is 0 Å². The molecule has 1 unspecified atom stereocenters. The number of esters is 1. The molecule has 4 atom stereocenters. The average molecular weight is 564 g/mol. The van der Waals surface area contributed by atoms with Crippen LogP contribution in [0, 0.1) is 0 Å². The van der Waals surface area contributed by atoms with Crippen LogP contribution in [-0.2, 0) is 30.6 Å². The second-order valence-electron chi connectivity index (χ2n) is 9.45. The van der Waals surface area contributed by atoms with E-state index in [4.69, 9.17) is 36.1 Å². The molecule has 206 valence electrons. The van der Waals surface area contributed by atoms with Gasteiger partial charge in [0.15, 0.2) is 17.0 Å². The topological polar surface area (TPSA) is 139 Å². The van der Waals surface area contributed by atoms with Crippen LogP contribution in [-0.4, -0.2) is 64.4 Å². The molecular formula is C24H34N7O5PS. The Hall–Kier alpha value is -2.83. The molecule has 1 saturated heterocycles. The maximum absolute atomic E-state index is 12.4. The summed E-state index contributed by atoms with van der Waals surface area (Å²) in [5.41, 5.74) is 7.20. The molecule has 0 saturated carbocycles. The first-order chi connectivity index (χ1) is 18.0. The highest BCUT2D eigenvalue weighted by molar-refractivity contribution is 8.09. The number of hydrogen-bond acceptors (Lipinski definition) is 11. The Balaban J connectivity index is 1.46. The molecule has 1 aliphatic heterocycles. The van der Waals surface area contributed by atoms with Gasteiger partial charge in [-0.25, -0.2) is 10.1 Å². The second-order valence-corrected chi connectivity index (χ2v) is 12.6. The van der Waals surface area contributed by atoms with Crippen molar-refractivity contribution in [3.05, 3.63) is 36.7 Å².